The summed E-state index contributed by atoms with van der Waals surface area (Å²) in [6.45, 7) is 3.35. The number of piperidine rings is 1. The van der Waals surface area contributed by atoms with Gasteiger partial charge in [-0.3, -0.25) is 14.4 Å². The van der Waals surface area contributed by atoms with Crippen molar-refractivity contribution in [3.63, 3.8) is 0 Å². The van der Waals surface area contributed by atoms with Gasteiger partial charge in [-0.1, -0.05) is 6.07 Å². The number of likely N-dealkylation sites (tertiary alicyclic amines) is 1. The molecular weight excluding hydrogens is 424 g/mol. The maximum absolute atomic E-state index is 13.2. The SMILES string of the molecule is Cc1ccc2nc(-c3ccc(N4C(=O)C[C@@H]([NH+]5CCC[C@H](C(N)=O)C5)C4=O)cc3)sc2c1. The van der Waals surface area contributed by atoms with Crippen molar-refractivity contribution >= 4 is 45.0 Å². The summed E-state index contributed by atoms with van der Waals surface area (Å²) in [6, 6.07) is 13.2. The number of aryl methyl sites for hydroxylation is 1. The van der Waals surface area contributed by atoms with Crippen LogP contribution in [-0.2, 0) is 14.4 Å². The third-order valence-corrected chi connectivity index (χ3v) is 7.58. The molecule has 164 valence electrons. The molecule has 2 aliphatic heterocycles. The molecule has 8 heteroatoms. The number of benzene rings is 2. The minimum Gasteiger partial charge on any atom is -0.369 e. The molecule has 2 fully saturated rings. The van der Waals surface area contributed by atoms with Crippen LogP contribution in [0.4, 0.5) is 5.69 Å². The number of primary amides is 1. The minimum absolute atomic E-state index is 0.165. The zero-order chi connectivity index (χ0) is 22.4. The maximum atomic E-state index is 13.2. The molecule has 0 saturated carbocycles. The van der Waals surface area contributed by atoms with E-state index in [0.717, 1.165) is 45.1 Å². The highest BCUT2D eigenvalue weighted by atomic mass is 32.1. The number of hydrogen-bond acceptors (Lipinski definition) is 5. The predicted octanol–water partition coefficient (Wildman–Crippen LogP) is 1.68. The van der Waals surface area contributed by atoms with Crippen molar-refractivity contribution in [1.29, 1.82) is 0 Å². The lowest BCUT2D eigenvalue weighted by Crippen LogP contribution is -3.18. The van der Waals surface area contributed by atoms with Crippen LogP contribution in [0.1, 0.15) is 24.8 Å². The van der Waals surface area contributed by atoms with Gasteiger partial charge < -0.3 is 10.6 Å². The van der Waals surface area contributed by atoms with Crippen molar-refractivity contribution in [3.8, 4) is 10.6 Å². The lowest BCUT2D eigenvalue weighted by molar-refractivity contribution is -0.922. The molecular formula is C24H25N4O3S+. The molecule has 7 nitrogen and oxygen atoms in total. The number of carbonyl (C=O) groups is 3. The Morgan fingerprint density at radius 3 is 2.72 bits per heavy atom. The van der Waals surface area contributed by atoms with Gasteiger partial charge in [0.05, 0.1) is 41.3 Å². The Kier molecular flexibility index (Phi) is 5.27. The first-order chi connectivity index (χ1) is 15.4. The van der Waals surface area contributed by atoms with Crippen molar-refractivity contribution in [3.05, 3.63) is 48.0 Å². The standard InChI is InChI=1S/C24H24N4O3S/c1-14-4-9-18-20(11-14)32-23(26-18)15-5-7-17(8-6-15)28-21(29)12-19(24(28)31)27-10-2-3-16(13-27)22(25)30/h4-9,11,16,19H,2-3,10,12-13H2,1H3,(H2,25,30)/p+1/t16-,19+/m0/s1. The van der Waals surface area contributed by atoms with Crippen molar-refractivity contribution in [2.75, 3.05) is 18.0 Å². The van der Waals surface area contributed by atoms with Gasteiger partial charge in [0.1, 0.15) is 5.01 Å². The van der Waals surface area contributed by atoms with Crippen LogP contribution in [-0.4, -0.2) is 41.8 Å². The monoisotopic (exact) mass is 449 g/mol. The van der Waals surface area contributed by atoms with Crippen LogP contribution in [0, 0.1) is 12.8 Å². The van der Waals surface area contributed by atoms with Crippen molar-refractivity contribution in [1.82, 2.24) is 4.98 Å². The molecule has 2 aliphatic rings. The van der Waals surface area contributed by atoms with Crippen LogP contribution >= 0.6 is 11.3 Å². The van der Waals surface area contributed by atoms with Crippen LogP contribution in [0.25, 0.3) is 20.8 Å². The van der Waals surface area contributed by atoms with Gasteiger partial charge in [-0.25, -0.2) is 9.88 Å². The highest BCUT2D eigenvalue weighted by molar-refractivity contribution is 7.21. The van der Waals surface area contributed by atoms with E-state index in [1.165, 1.54) is 10.5 Å². The Hall–Kier alpha value is -3.10. The average molecular weight is 450 g/mol. The molecule has 1 aromatic heterocycles. The summed E-state index contributed by atoms with van der Waals surface area (Å²) in [5.74, 6) is -0.945. The maximum Gasteiger partial charge on any atom is 0.292 e. The van der Waals surface area contributed by atoms with E-state index in [-0.39, 0.29) is 30.1 Å². The van der Waals surface area contributed by atoms with E-state index in [0.29, 0.717) is 12.2 Å². The van der Waals surface area contributed by atoms with E-state index in [2.05, 4.69) is 13.0 Å². The summed E-state index contributed by atoms with van der Waals surface area (Å²) in [5.41, 5.74) is 9.17. The summed E-state index contributed by atoms with van der Waals surface area (Å²) in [6.07, 6.45) is 1.75. The predicted molar refractivity (Wildman–Crippen MR) is 123 cm³/mol. The molecule has 3 amide bonds. The lowest BCUT2D eigenvalue weighted by atomic mass is 9.96. The fourth-order valence-electron chi connectivity index (χ4n) is 4.79. The Morgan fingerprint density at radius 2 is 1.97 bits per heavy atom. The molecule has 2 saturated heterocycles. The van der Waals surface area contributed by atoms with Gasteiger partial charge >= 0.3 is 0 Å². The number of imide groups is 1. The van der Waals surface area contributed by atoms with E-state index in [4.69, 9.17) is 10.7 Å². The number of thiazole rings is 1. The third-order valence-electron chi connectivity index (χ3n) is 6.52. The van der Waals surface area contributed by atoms with Crippen LogP contribution in [0.15, 0.2) is 42.5 Å². The van der Waals surface area contributed by atoms with Crippen LogP contribution in [0.2, 0.25) is 0 Å². The second-order valence-corrected chi connectivity index (χ2v) is 9.75. The second-order valence-electron chi connectivity index (χ2n) is 8.72. The summed E-state index contributed by atoms with van der Waals surface area (Å²) in [5, 5.41) is 0.907. The highest BCUT2D eigenvalue weighted by Crippen LogP contribution is 2.32. The van der Waals surface area contributed by atoms with Crippen LogP contribution in [0.3, 0.4) is 0 Å². The largest absolute Gasteiger partial charge is 0.369 e. The fourth-order valence-corrected chi connectivity index (χ4v) is 5.86. The molecule has 3 N–H and O–H groups in total. The van der Waals surface area contributed by atoms with Gasteiger partial charge in [0, 0.05) is 5.56 Å². The molecule has 32 heavy (non-hydrogen) atoms. The molecule has 0 bridgehead atoms. The van der Waals surface area contributed by atoms with Gasteiger partial charge in [-0.15, -0.1) is 11.3 Å². The zero-order valence-electron chi connectivity index (χ0n) is 17.8. The lowest BCUT2D eigenvalue weighted by Gasteiger charge is -2.31. The van der Waals surface area contributed by atoms with Gasteiger partial charge in [0.2, 0.25) is 11.8 Å². The second kappa shape index (κ2) is 8.11. The number of nitrogens with two attached hydrogens (primary N) is 1. The molecule has 0 aliphatic carbocycles. The Morgan fingerprint density at radius 1 is 1.19 bits per heavy atom. The Balaban J connectivity index is 1.36. The number of nitrogens with zero attached hydrogens (tertiary/aromatic N) is 2. The Labute approximate surface area is 189 Å². The summed E-state index contributed by atoms with van der Waals surface area (Å²) in [7, 11) is 0. The number of hydrogen-bond donors (Lipinski definition) is 2. The number of aromatic nitrogens is 1. The molecule has 0 radical (unpaired) electrons. The number of fused-ring (bicyclic) bond motifs is 1. The number of amides is 3. The van der Waals surface area contributed by atoms with Crippen molar-refractivity contribution in [2.24, 2.45) is 11.7 Å². The summed E-state index contributed by atoms with van der Waals surface area (Å²) in [4.78, 5) is 44.5. The van der Waals surface area contributed by atoms with Gasteiger partial charge in [-0.2, -0.15) is 0 Å². The first kappa shape index (κ1) is 20.8. The number of anilines is 1. The first-order valence-corrected chi connectivity index (χ1v) is 11.7. The number of carbonyl (C=O) groups excluding carboxylic acids is 3. The normalized spacial score (nSPS) is 23.8. The molecule has 0 spiro atoms. The van der Waals surface area contributed by atoms with E-state index >= 15 is 0 Å². The van der Waals surface area contributed by atoms with Crippen molar-refractivity contribution < 1.29 is 19.3 Å². The highest BCUT2D eigenvalue weighted by Gasteiger charge is 2.47. The third kappa shape index (κ3) is 3.69. The number of rotatable bonds is 4. The molecule has 3 atom stereocenters. The van der Waals surface area contributed by atoms with Crippen molar-refractivity contribution in [2.45, 2.75) is 32.2 Å². The van der Waals surface area contributed by atoms with Crippen LogP contribution in [0.5, 0.6) is 0 Å². The summed E-state index contributed by atoms with van der Waals surface area (Å²) >= 11 is 1.63. The molecule has 1 unspecified atom stereocenters. The molecule has 5 rings (SSSR count). The average Bonchev–Trinajstić information content (AvgIpc) is 3.34. The molecule has 3 heterocycles. The van der Waals surface area contributed by atoms with Gasteiger partial charge in [-0.05, 0) is 61.7 Å². The number of quaternary nitrogens is 1. The van der Waals surface area contributed by atoms with E-state index < -0.39 is 6.04 Å². The number of nitrogens with one attached hydrogen (secondary N) is 1. The van der Waals surface area contributed by atoms with Gasteiger partial charge in [0.15, 0.2) is 6.04 Å². The first-order valence-electron chi connectivity index (χ1n) is 10.9. The van der Waals surface area contributed by atoms with Gasteiger partial charge in [0.25, 0.3) is 5.91 Å². The molecule has 3 aromatic rings. The fraction of sp³-hybridized carbons (Fsp3) is 0.333. The quantitative estimate of drug-likeness (QED) is 0.592. The minimum atomic E-state index is -0.447. The van der Waals surface area contributed by atoms with E-state index in [1.807, 2.05) is 36.4 Å². The topological polar surface area (TPSA) is 97.8 Å². The Bertz CT molecular complexity index is 1220. The summed E-state index contributed by atoms with van der Waals surface area (Å²) < 4.78 is 1.13. The molecule has 2 aromatic carbocycles. The van der Waals surface area contributed by atoms with E-state index in [9.17, 15) is 14.4 Å². The smallest absolute Gasteiger partial charge is 0.292 e. The van der Waals surface area contributed by atoms with Crippen LogP contribution < -0.4 is 15.5 Å². The zero-order valence-corrected chi connectivity index (χ0v) is 18.7. The van der Waals surface area contributed by atoms with E-state index in [1.54, 1.807) is 11.3 Å².